The number of sulfonamides is 1. The molecular weight excluding hydrogens is 440 g/mol. The molecule has 32 heavy (non-hydrogen) atoms. The molecule has 1 atom stereocenters. The predicted molar refractivity (Wildman–Crippen MR) is 115 cm³/mol. The second-order valence-corrected chi connectivity index (χ2v) is 9.55. The third-order valence-corrected chi connectivity index (χ3v) is 7.35. The van der Waals surface area contributed by atoms with Gasteiger partial charge in [0.25, 0.3) is 0 Å². The molecule has 2 N–H and O–H groups in total. The topological polar surface area (TPSA) is 95.6 Å². The number of nitrogens with one attached hydrogen (secondary N) is 2. The Labute approximate surface area is 185 Å². The van der Waals surface area contributed by atoms with Crippen LogP contribution >= 0.6 is 0 Å². The fourth-order valence-corrected chi connectivity index (χ4v) is 5.48. The number of benzene rings is 2. The van der Waals surface area contributed by atoms with Crippen molar-refractivity contribution >= 4 is 27.5 Å². The summed E-state index contributed by atoms with van der Waals surface area (Å²) in [6, 6.07) is 8.81. The van der Waals surface area contributed by atoms with Crippen LogP contribution in [0.2, 0.25) is 0 Å². The summed E-state index contributed by atoms with van der Waals surface area (Å²) in [7, 11) is -3.83. The lowest BCUT2D eigenvalue weighted by Gasteiger charge is -2.34. The lowest BCUT2D eigenvalue weighted by Crippen LogP contribution is -2.45. The Morgan fingerprint density at radius 3 is 2.53 bits per heavy atom. The molecule has 0 aliphatic carbocycles. The quantitative estimate of drug-likeness (QED) is 0.642. The van der Waals surface area contributed by atoms with Crippen LogP contribution in [0.4, 0.5) is 14.5 Å². The maximum atomic E-state index is 13.6. The van der Waals surface area contributed by atoms with Gasteiger partial charge in [0.2, 0.25) is 10.0 Å². The van der Waals surface area contributed by atoms with Crippen LogP contribution in [0.15, 0.2) is 47.4 Å². The summed E-state index contributed by atoms with van der Waals surface area (Å²) >= 11 is 0. The molecule has 0 radical (unpaired) electrons. The summed E-state index contributed by atoms with van der Waals surface area (Å²) in [6.07, 6.45) is 2.45. The number of carbonyl (C=O) groups is 2. The van der Waals surface area contributed by atoms with Crippen LogP contribution in [-0.4, -0.2) is 43.7 Å². The van der Waals surface area contributed by atoms with Gasteiger partial charge in [-0.1, -0.05) is 18.6 Å². The van der Waals surface area contributed by atoms with Gasteiger partial charge in [0.15, 0.2) is 0 Å². The number of piperidine rings is 1. The van der Waals surface area contributed by atoms with Crippen LogP contribution in [0.1, 0.15) is 31.2 Å². The van der Waals surface area contributed by atoms with Crippen LogP contribution in [0.3, 0.4) is 0 Å². The van der Waals surface area contributed by atoms with Gasteiger partial charge in [-0.2, -0.15) is 4.31 Å². The number of rotatable bonds is 6. The molecule has 172 valence electrons. The highest BCUT2D eigenvalue weighted by atomic mass is 32.2. The average Bonchev–Trinajstić information content (AvgIpc) is 2.77. The number of carbonyl (C=O) groups excluding carboxylic acids is 2. The number of anilines is 1. The van der Waals surface area contributed by atoms with Crippen LogP contribution < -0.4 is 10.6 Å². The Balaban J connectivity index is 1.60. The maximum absolute atomic E-state index is 13.6. The first kappa shape index (κ1) is 23.8. The molecule has 0 aromatic heterocycles. The van der Waals surface area contributed by atoms with Crippen molar-refractivity contribution in [2.24, 2.45) is 0 Å². The highest BCUT2D eigenvalue weighted by Gasteiger charge is 2.33. The highest BCUT2D eigenvalue weighted by molar-refractivity contribution is 7.89. The lowest BCUT2D eigenvalue weighted by molar-refractivity contribution is -0.136. The summed E-state index contributed by atoms with van der Waals surface area (Å²) in [4.78, 5) is 24.1. The Morgan fingerprint density at radius 2 is 1.81 bits per heavy atom. The van der Waals surface area contributed by atoms with Crippen molar-refractivity contribution < 1.29 is 26.8 Å². The lowest BCUT2D eigenvalue weighted by atomic mass is 10.0. The zero-order valence-electron chi connectivity index (χ0n) is 17.6. The fraction of sp³-hybridized carbons (Fsp3) is 0.364. The Bertz CT molecular complexity index is 1110. The van der Waals surface area contributed by atoms with E-state index in [0.717, 1.165) is 18.6 Å². The van der Waals surface area contributed by atoms with Crippen molar-refractivity contribution in [3.63, 3.8) is 0 Å². The SMILES string of the molecule is Cc1cc(S(=O)(=O)N2CCCC[C@H]2CCNC(=O)C(=O)Nc2ccccc2F)ccc1F. The second kappa shape index (κ2) is 10.2. The van der Waals surface area contributed by atoms with Gasteiger partial charge in [-0.15, -0.1) is 0 Å². The minimum absolute atomic E-state index is 0.0246. The van der Waals surface area contributed by atoms with E-state index in [1.54, 1.807) is 0 Å². The Kier molecular flexibility index (Phi) is 7.57. The molecule has 3 rings (SSSR count). The standard InChI is InChI=1S/C22H25F2N3O4S/c1-15-14-17(9-10-18(15)23)32(30,31)27-13-5-4-6-16(27)11-12-25-21(28)22(29)26-20-8-3-2-7-19(20)24/h2-3,7-10,14,16H,4-6,11-13H2,1H3,(H,25,28)(H,26,29)/t16-/m0/s1. The predicted octanol–water partition coefficient (Wildman–Crippen LogP) is 2.96. The van der Waals surface area contributed by atoms with E-state index in [-0.39, 0.29) is 28.7 Å². The monoisotopic (exact) mass is 465 g/mol. The molecule has 0 spiro atoms. The van der Waals surface area contributed by atoms with Crippen molar-refractivity contribution in [2.45, 2.75) is 43.5 Å². The first-order chi connectivity index (χ1) is 15.2. The summed E-state index contributed by atoms with van der Waals surface area (Å²) in [5.74, 6) is -3.08. The second-order valence-electron chi connectivity index (χ2n) is 7.65. The van der Waals surface area contributed by atoms with Gasteiger partial charge in [0.05, 0.1) is 10.6 Å². The maximum Gasteiger partial charge on any atom is 0.313 e. The number of halogens is 2. The van der Waals surface area contributed by atoms with E-state index in [4.69, 9.17) is 0 Å². The summed E-state index contributed by atoms with van der Waals surface area (Å²) in [5, 5.41) is 4.65. The van der Waals surface area contributed by atoms with E-state index in [1.165, 1.54) is 41.6 Å². The van der Waals surface area contributed by atoms with Crippen LogP contribution in [0.25, 0.3) is 0 Å². The zero-order chi connectivity index (χ0) is 23.3. The molecule has 7 nitrogen and oxygen atoms in total. The molecule has 10 heteroatoms. The third kappa shape index (κ3) is 5.49. The average molecular weight is 466 g/mol. The largest absolute Gasteiger partial charge is 0.348 e. The molecule has 0 bridgehead atoms. The number of para-hydroxylation sites is 1. The Morgan fingerprint density at radius 1 is 1.06 bits per heavy atom. The van der Waals surface area contributed by atoms with Gasteiger partial charge in [-0.3, -0.25) is 9.59 Å². The number of hydrogen-bond acceptors (Lipinski definition) is 4. The van der Waals surface area contributed by atoms with E-state index in [2.05, 4.69) is 10.6 Å². The van der Waals surface area contributed by atoms with Crippen LogP contribution in [0.5, 0.6) is 0 Å². The Hall–Kier alpha value is -2.85. The van der Waals surface area contributed by atoms with Gasteiger partial charge in [-0.05, 0) is 62.1 Å². The van der Waals surface area contributed by atoms with Crippen molar-refractivity contribution in [2.75, 3.05) is 18.4 Å². The van der Waals surface area contributed by atoms with E-state index < -0.39 is 33.5 Å². The molecule has 2 aromatic rings. The molecule has 1 saturated heterocycles. The highest BCUT2D eigenvalue weighted by Crippen LogP contribution is 2.27. The van der Waals surface area contributed by atoms with Crippen molar-refractivity contribution in [3.8, 4) is 0 Å². The fourth-order valence-electron chi connectivity index (χ4n) is 3.67. The van der Waals surface area contributed by atoms with Gasteiger partial charge >= 0.3 is 11.8 Å². The molecule has 1 aliphatic rings. The summed E-state index contributed by atoms with van der Waals surface area (Å²) < 4.78 is 54.8. The first-order valence-electron chi connectivity index (χ1n) is 10.3. The van der Waals surface area contributed by atoms with E-state index in [0.29, 0.717) is 25.8 Å². The van der Waals surface area contributed by atoms with Gasteiger partial charge < -0.3 is 10.6 Å². The van der Waals surface area contributed by atoms with Crippen molar-refractivity contribution in [1.29, 1.82) is 0 Å². The molecule has 1 aliphatic heterocycles. The minimum atomic E-state index is -3.83. The summed E-state index contributed by atoms with van der Waals surface area (Å²) in [5.41, 5.74) is 0.138. The van der Waals surface area contributed by atoms with Crippen molar-refractivity contribution in [1.82, 2.24) is 9.62 Å². The smallest absolute Gasteiger partial charge is 0.313 e. The molecule has 0 unspecified atom stereocenters. The van der Waals surface area contributed by atoms with Crippen LogP contribution in [-0.2, 0) is 19.6 Å². The molecule has 1 heterocycles. The molecule has 2 aromatic carbocycles. The normalized spacial score (nSPS) is 17.0. The third-order valence-electron chi connectivity index (χ3n) is 5.40. The zero-order valence-corrected chi connectivity index (χ0v) is 18.4. The van der Waals surface area contributed by atoms with Gasteiger partial charge in [-0.25, -0.2) is 17.2 Å². The van der Waals surface area contributed by atoms with E-state index in [9.17, 15) is 26.8 Å². The van der Waals surface area contributed by atoms with Gasteiger partial charge in [0, 0.05) is 19.1 Å². The van der Waals surface area contributed by atoms with Gasteiger partial charge in [0.1, 0.15) is 11.6 Å². The molecule has 0 saturated carbocycles. The van der Waals surface area contributed by atoms with E-state index in [1.807, 2.05) is 0 Å². The van der Waals surface area contributed by atoms with Crippen LogP contribution in [0, 0.1) is 18.6 Å². The first-order valence-corrected chi connectivity index (χ1v) is 11.8. The number of aryl methyl sites for hydroxylation is 1. The number of hydrogen-bond donors (Lipinski definition) is 2. The van der Waals surface area contributed by atoms with E-state index >= 15 is 0 Å². The molecule has 2 amide bonds. The molecule has 1 fully saturated rings. The number of amides is 2. The minimum Gasteiger partial charge on any atom is -0.348 e. The summed E-state index contributed by atoms with van der Waals surface area (Å²) in [6.45, 7) is 1.90. The van der Waals surface area contributed by atoms with Crippen molar-refractivity contribution in [3.05, 3.63) is 59.7 Å². The number of nitrogens with zero attached hydrogens (tertiary/aromatic N) is 1. The molecular formula is C22H25F2N3O4S.